The predicted molar refractivity (Wildman–Crippen MR) is 68.5 cm³/mol. The zero-order chi connectivity index (χ0) is 10.5. The number of thiophene rings is 1. The molecular formula is C14H17S. The highest BCUT2D eigenvalue weighted by Crippen LogP contribution is 2.25. The van der Waals surface area contributed by atoms with E-state index in [9.17, 15) is 0 Å². The van der Waals surface area contributed by atoms with Gasteiger partial charge in [0.05, 0.1) is 0 Å². The molecule has 79 valence electrons. The van der Waals surface area contributed by atoms with E-state index in [-0.39, 0.29) is 0 Å². The fourth-order valence-corrected chi connectivity index (χ4v) is 2.78. The first-order valence-electron chi connectivity index (χ1n) is 5.79. The minimum Gasteiger partial charge on any atom is -0.134 e. The third-order valence-corrected chi connectivity index (χ3v) is 3.74. The molecule has 0 nitrogen and oxygen atoms in total. The van der Waals surface area contributed by atoms with Crippen LogP contribution >= 0.6 is 11.3 Å². The Morgan fingerprint density at radius 2 is 2.13 bits per heavy atom. The maximum absolute atomic E-state index is 3.22. The van der Waals surface area contributed by atoms with E-state index in [1.807, 2.05) is 0 Å². The Morgan fingerprint density at radius 3 is 3.00 bits per heavy atom. The van der Waals surface area contributed by atoms with Gasteiger partial charge in [0.1, 0.15) is 0 Å². The Balaban J connectivity index is 2.04. The highest BCUT2D eigenvalue weighted by atomic mass is 32.1. The van der Waals surface area contributed by atoms with Crippen LogP contribution in [0.15, 0.2) is 24.3 Å². The van der Waals surface area contributed by atoms with Crippen molar-refractivity contribution < 1.29 is 0 Å². The van der Waals surface area contributed by atoms with Crippen LogP contribution in [-0.2, 0) is 6.42 Å². The van der Waals surface area contributed by atoms with E-state index in [2.05, 4.69) is 36.6 Å². The number of hydrogen-bond donors (Lipinski definition) is 0. The van der Waals surface area contributed by atoms with Gasteiger partial charge in [-0.15, -0.1) is 11.3 Å². The van der Waals surface area contributed by atoms with Gasteiger partial charge in [-0.3, -0.25) is 0 Å². The summed E-state index contributed by atoms with van der Waals surface area (Å²) >= 11 is 1.75. The van der Waals surface area contributed by atoms with Gasteiger partial charge in [0, 0.05) is 10.1 Å². The van der Waals surface area contributed by atoms with Crippen molar-refractivity contribution in [3.63, 3.8) is 0 Å². The lowest BCUT2D eigenvalue weighted by Crippen LogP contribution is -1.85. The van der Waals surface area contributed by atoms with Gasteiger partial charge in [0.15, 0.2) is 0 Å². The topological polar surface area (TPSA) is 0 Å². The average Bonchev–Trinajstić information content (AvgIpc) is 2.73. The minimum atomic E-state index is 1.23. The molecule has 0 aliphatic heterocycles. The lowest BCUT2D eigenvalue weighted by atomic mass is 10.1. The molecular weight excluding hydrogens is 200 g/mol. The van der Waals surface area contributed by atoms with Crippen molar-refractivity contribution in [1.82, 2.24) is 0 Å². The molecule has 1 heterocycles. The molecule has 1 heteroatoms. The molecule has 0 N–H and O–H groups in total. The first-order valence-corrected chi connectivity index (χ1v) is 6.61. The van der Waals surface area contributed by atoms with Gasteiger partial charge in [-0.1, -0.05) is 44.4 Å². The fourth-order valence-electron chi connectivity index (χ4n) is 1.93. The zero-order valence-electron chi connectivity index (χ0n) is 9.25. The lowest BCUT2D eigenvalue weighted by Gasteiger charge is -2.02. The van der Waals surface area contributed by atoms with Crippen LogP contribution in [0.1, 0.15) is 38.2 Å². The maximum Gasteiger partial charge on any atom is 0.0455 e. The molecule has 0 bridgehead atoms. The zero-order valence-corrected chi connectivity index (χ0v) is 10.1. The molecule has 0 unspecified atom stereocenters. The summed E-state index contributed by atoms with van der Waals surface area (Å²) in [5.74, 6) is 0. The number of aryl methyl sites for hydroxylation is 1. The van der Waals surface area contributed by atoms with Crippen molar-refractivity contribution in [3.8, 4) is 0 Å². The highest BCUT2D eigenvalue weighted by Gasteiger charge is 2.01. The molecule has 0 aliphatic rings. The quantitative estimate of drug-likeness (QED) is 0.630. The highest BCUT2D eigenvalue weighted by molar-refractivity contribution is 7.16. The summed E-state index contributed by atoms with van der Waals surface area (Å²) in [6.45, 7) is 2.26. The molecule has 0 amide bonds. The summed E-state index contributed by atoms with van der Waals surface area (Å²) in [5, 5.41) is 4.58. The van der Waals surface area contributed by atoms with Crippen molar-refractivity contribution in [3.05, 3.63) is 35.2 Å². The lowest BCUT2D eigenvalue weighted by molar-refractivity contribution is 0.668. The average molecular weight is 217 g/mol. The number of unbranched alkanes of at least 4 members (excludes halogenated alkanes) is 3. The number of hydrogen-bond acceptors (Lipinski definition) is 1. The third-order valence-electron chi connectivity index (χ3n) is 2.80. The Kier molecular flexibility index (Phi) is 3.79. The van der Waals surface area contributed by atoms with Gasteiger partial charge in [0.25, 0.3) is 0 Å². The second-order valence-corrected chi connectivity index (χ2v) is 4.86. The molecule has 2 rings (SSSR count). The first kappa shape index (κ1) is 10.7. The minimum absolute atomic E-state index is 1.23. The normalized spacial score (nSPS) is 11.0. The summed E-state index contributed by atoms with van der Waals surface area (Å²) in [6.07, 6.45) is 6.60. The van der Waals surface area contributed by atoms with Crippen LogP contribution in [0.25, 0.3) is 10.1 Å². The molecule has 0 atom stereocenters. The predicted octanol–water partition coefficient (Wildman–Crippen LogP) is 4.82. The Morgan fingerprint density at radius 1 is 1.20 bits per heavy atom. The number of fused-ring (bicyclic) bond motifs is 1. The summed E-state index contributed by atoms with van der Waals surface area (Å²) in [7, 11) is 0. The second-order valence-electron chi connectivity index (χ2n) is 4.01. The molecule has 0 spiro atoms. The van der Waals surface area contributed by atoms with Gasteiger partial charge in [-0.2, -0.15) is 0 Å². The van der Waals surface area contributed by atoms with Gasteiger partial charge in [-0.05, 0) is 29.9 Å². The standard InChI is InChI=1S/C14H17S/c1-2-3-4-5-7-12-8-6-9-13-10-11-15-14(12)13/h6,8-10H,2-5,7H2,1H3. The first-order chi connectivity index (χ1) is 7.42. The van der Waals surface area contributed by atoms with Crippen molar-refractivity contribution in [2.24, 2.45) is 0 Å². The van der Waals surface area contributed by atoms with Crippen LogP contribution in [0.5, 0.6) is 0 Å². The van der Waals surface area contributed by atoms with Gasteiger partial charge >= 0.3 is 0 Å². The smallest absolute Gasteiger partial charge is 0.0455 e. The monoisotopic (exact) mass is 217 g/mol. The van der Waals surface area contributed by atoms with Gasteiger partial charge in [-0.25, -0.2) is 0 Å². The third kappa shape index (κ3) is 2.60. The van der Waals surface area contributed by atoms with Crippen molar-refractivity contribution >= 4 is 21.4 Å². The van der Waals surface area contributed by atoms with Crippen LogP contribution in [-0.4, -0.2) is 0 Å². The molecule has 0 fully saturated rings. The Bertz CT molecular complexity index is 414. The van der Waals surface area contributed by atoms with Crippen molar-refractivity contribution in [2.45, 2.75) is 39.0 Å². The fraction of sp³-hybridized carbons (Fsp3) is 0.429. The molecule has 2 aromatic rings. The van der Waals surface area contributed by atoms with E-state index < -0.39 is 0 Å². The van der Waals surface area contributed by atoms with Crippen LogP contribution < -0.4 is 0 Å². The summed E-state index contributed by atoms with van der Waals surface area (Å²) in [6, 6.07) is 8.70. The van der Waals surface area contributed by atoms with Crippen LogP contribution in [0.4, 0.5) is 0 Å². The SMILES string of the molecule is CCCCCCc1cccc2c[c]sc12. The number of rotatable bonds is 5. The molecule has 15 heavy (non-hydrogen) atoms. The van der Waals surface area contributed by atoms with E-state index >= 15 is 0 Å². The van der Waals surface area contributed by atoms with Crippen LogP contribution in [0, 0.1) is 5.38 Å². The van der Waals surface area contributed by atoms with E-state index in [0.717, 1.165) is 0 Å². The molecule has 0 saturated heterocycles. The van der Waals surface area contributed by atoms with E-state index in [1.165, 1.54) is 47.8 Å². The van der Waals surface area contributed by atoms with Gasteiger partial charge in [0.2, 0.25) is 0 Å². The summed E-state index contributed by atoms with van der Waals surface area (Å²) < 4.78 is 1.44. The van der Waals surface area contributed by atoms with E-state index in [4.69, 9.17) is 0 Å². The molecule has 1 aromatic carbocycles. The Hall–Kier alpha value is -0.820. The molecule has 0 saturated carbocycles. The van der Waals surface area contributed by atoms with Crippen LogP contribution in [0.2, 0.25) is 0 Å². The van der Waals surface area contributed by atoms with Crippen LogP contribution in [0.3, 0.4) is 0 Å². The largest absolute Gasteiger partial charge is 0.134 e. The molecule has 1 radical (unpaired) electrons. The molecule has 1 aromatic heterocycles. The second kappa shape index (κ2) is 5.32. The molecule has 0 aliphatic carbocycles. The van der Waals surface area contributed by atoms with Crippen molar-refractivity contribution in [1.29, 1.82) is 0 Å². The Labute approximate surface area is 95.9 Å². The maximum atomic E-state index is 3.22. The number of benzene rings is 1. The van der Waals surface area contributed by atoms with Gasteiger partial charge < -0.3 is 0 Å². The summed E-state index contributed by atoms with van der Waals surface area (Å²) in [4.78, 5) is 0. The van der Waals surface area contributed by atoms with Crippen molar-refractivity contribution in [2.75, 3.05) is 0 Å². The van der Waals surface area contributed by atoms with E-state index in [0.29, 0.717) is 0 Å². The van der Waals surface area contributed by atoms with E-state index in [1.54, 1.807) is 11.3 Å². The summed E-state index contributed by atoms with van der Waals surface area (Å²) in [5.41, 5.74) is 1.51.